The molecule has 0 saturated carbocycles. The van der Waals surface area contributed by atoms with E-state index in [0.717, 1.165) is 17.0 Å². The summed E-state index contributed by atoms with van der Waals surface area (Å²) < 4.78 is 1.72. The highest BCUT2D eigenvalue weighted by Crippen LogP contribution is 2.13. The summed E-state index contributed by atoms with van der Waals surface area (Å²) in [6.45, 7) is 3.94. The maximum atomic E-state index is 12.6. The van der Waals surface area contributed by atoms with E-state index in [-0.39, 0.29) is 17.0 Å². The topological polar surface area (TPSA) is 55.2 Å². The Morgan fingerprint density at radius 1 is 1.29 bits per heavy atom. The van der Waals surface area contributed by atoms with Crippen molar-refractivity contribution in [2.75, 3.05) is 24.6 Å². The molecule has 6 heteroatoms. The molecule has 2 aromatic rings. The highest BCUT2D eigenvalue weighted by atomic mass is 32.2. The van der Waals surface area contributed by atoms with E-state index in [1.54, 1.807) is 15.6 Å². The van der Waals surface area contributed by atoms with Gasteiger partial charge in [0.25, 0.3) is 5.91 Å². The fraction of sp³-hybridized carbons (Fsp3) is 0.400. The molecule has 0 bridgehead atoms. The van der Waals surface area contributed by atoms with Gasteiger partial charge < -0.3 is 4.90 Å². The lowest BCUT2D eigenvalue weighted by Crippen LogP contribution is -2.41. The first-order valence-corrected chi connectivity index (χ1v) is 8.24. The van der Waals surface area contributed by atoms with Crippen molar-refractivity contribution < 1.29 is 4.79 Å². The largest absolute Gasteiger partial charge is 0.335 e. The molecule has 1 fully saturated rings. The maximum absolute atomic E-state index is 12.6. The zero-order valence-electron chi connectivity index (χ0n) is 11.9. The number of thioether (sulfide) groups is 1. The van der Waals surface area contributed by atoms with Crippen LogP contribution in [0.3, 0.4) is 0 Å². The first-order valence-electron chi connectivity index (χ1n) is 7.09. The Labute approximate surface area is 126 Å². The van der Waals surface area contributed by atoms with E-state index in [2.05, 4.69) is 5.10 Å². The van der Waals surface area contributed by atoms with E-state index >= 15 is 0 Å². The Morgan fingerprint density at radius 3 is 2.71 bits per heavy atom. The molecule has 0 aliphatic carbocycles. The van der Waals surface area contributed by atoms with Gasteiger partial charge in [-0.05, 0) is 19.1 Å². The summed E-state index contributed by atoms with van der Waals surface area (Å²) in [4.78, 5) is 26.9. The van der Waals surface area contributed by atoms with Crippen LogP contribution in [0, 0.1) is 0 Å². The number of aryl methyl sites for hydroxylation is 1. The van der Waals surface area contributed by atoms with Crippen molar-refractivity contribution >= 4 is 28.6 Å². The third kappa shape index (κ3) is 2.55. The van der Waals surface area contributed by atoms with Crippen LogP contribution in [0.15, 0.2) is 29.1 Å². The third-order valence-electron chi connectivity index (χ3n) is 3.66. The number of rotatable bonds is 2. The lowest BCUT2D eigenvalue weighted by atomic mass is 10.2. The van der Waals surface area contributed by atoms with E-state index in [9.17, 15) is 9.59 Å². The molecule has 1 aliphatic rings. The minimum Gasteiger partial charge on any atom is -0.335 e. The lowest BCUT2D eigenvalue weighted by Gasteiger charge is -2.26. The quantitative estimate of drug-likeness (QED) is 0.846. The number of fused-ring (bicyclic) bond motifs is 1. The molecule has 5 nitrogen and oxygen atoms in total. The number of carbonyl (C=O) groups excluding carboxylic acids is 1. The number of hydrogen-bond donors (Lipinski definition) is 0. The smallest absolute Gasteiger partial charge is 0.278 e. The minimum atomic E-state index is -0.265. The fourth-order valence-corrected chi connectivity index (χ4v) is 3.44. The maximum Gasteiger partial charge on any atom is 0.278 e. The van der Waals surface area contributed by atoms with Gasteiger partial charge >= 0.3 is 0 Å². The van der Waals surface area contributed by atoms with E-state index in [0.29, 0.717) is 25.0 Å². The van der Waals surface area contributed by atoms with Crippen molar-refractivity contribution in [2.45, 2.75) is 13.5 Å². The zero-order chi connectivity index (χ0) is 14.8. The van der Waals surface area contributed by atoms with Crippen LogP contribution in [0.2, 0.25) is 0 Å². The van der Waals surface area contributed by atoms with Gasteiger partial charge in [0.1, 0.15) is 0 Å². The summed E-state index contributed by atoms with van der Waals surface area (Å²) in [6.07, 6.45) is 0. The highest BCUT2D eigenvalue weighted by molar-refractivity contribution is 7.99. The third-order valence-corrected chi connectivity index (χ3v) is 4.61. The predicted octanol–water partition coefficient (Wildman–Crippen LogP) is 1.61. The molecular formula is C15H17N3O2S. The second-order valence-corrected chi connectivity index (χ2v) is 6.14. The first kappa shape index (κ1) is 14.1. The van der Waals surface area contributed by atoms with Crippen molar-refractivity contribution in [1.82, 2.24) is 14.7 Å². The van der Waals surface area contributed by atoms with Gasteiger partial charge in [-0.15, -0.1) is 0 Å². The zero-order valence-corrected chi connectivity index (χ0v) is 12.7. The molecule has 0 unspecified atom stereocenters. The van der Waals surface area contributed by atoms with Crippen molar-refractivity contribution in [3.8, 4) is 0 Å². The second-order valence-electron chi connectivity index (χ2n) is 4.92. The van der Waals surface area contributed by atoms with Crippen LogP contribution < -0.4 is 5.43 Å². The molecule has 0 N–H and O–H groups in total. The van der Waals surface area contributed by atoms with Gasteiger partial charge in [0.2, 0.25) is 5.43 Å². The molecule has 3 rings (SSSR count). The Bertz CT molecular complexity index is 735. The van der Waals surface area contributed by atoms with E-state index in [1.807, 2.05) is 36.9 Å². The summed E-state index contributed by atoms with van der Waals surface area (Å²) in [5.74, 6) is 1.59. The summed E-state index contributed by atoms with van der Waals surface area (Å²) in [5.41, 5.74) is 0.553. The summed E-state index contributed by atoms with van der Waals surface area (Å²) in [5, 5.41) is 4.86. The Morgan fingerprint density at radius 2 is 2.00 bits per heavy atom. The Hall–Kier alpha value is -1.82. The average molecular weight is 303 g/mol. The monoisotopic (exact) mass is 303 g/mol. The van der Waals surface area contributed by atoms with Crippen molar-refractivity contribution in [2.24, 2.45) is 0 Å². The predicted molar refractivity (Wildman–Crippen MR) is 84.9 cm³/mol. The number of carbonyl (C=O) groups is 1. The summed E-state index contributed by atoms with van der Waals surface area (Å²) in [7, 11) is 0. The first-order chi connectivity index (χ1) is 10.2. The van der Waals surface area contributed by atoms with Crippen LogP contribution in [0.5, 0.6) is 0 Å². The van der Waals surface area contributed by atoms with Gasteiger partial charge in [0.05, 0.1) is 5.52 Å². The van der Waals surface area contributed by atoms with Crippen LogP contribution >= 0.6 is 11.8 Å². The standard InChI is InChI=1S/C15H17N3O2S/c1-2-18-12-6-4-3-5-11(12)14(19)13(16-18)15(20)17-7-9-21-10-8-17/h3-6H,2,7-10H2,1H3. The molecule has 1 aromatic heterocycles. The van der Waals surface area contributed by atoms with Crippen LogP contribution in [0.1, 0.15) is 17.4 Å². The van der Waals surface area contributed by atoms with Crippen molar-refractivity contribution in [1.29, 1.82) is 0 Å². The van der Waals surface area contributed by atoms with Gasteiger partial charge in [0, 0.05) is 36.5 Å². The SMILES string of the molecule is CCn1nc(C(=O)N2CCSCC2)c(=O)c2ccccc21. The van der Waals surface area contributed by atoms with Crippen LogP contribution in [-0.4, -0.2) is 45.2 Å². The second kappa shape index (κ2) is 5.89. The molecule has 1 aliphatic heterocycles. The average Bonchev–Trinajstić information content (AvgIpc) is 2.56. The van der Waals surface area contributed by atoms with Gasteiger partial charge in [-0.3, -0.25) is 14.3 Å². The summed E-state index contributed by atoms with van der Waals surface area (Å²) in [6, 6.07) is 7.31. The molecule has 2 heterocycles. The summed E-state index contributed by atoms with van der Waals surface area (Å²) >= 11 is 1.83. The fourth-order valence-electron chi connectivity index (χ4n) is 2.54. The molecule has 0 atom stereocenters. The normalized spacial score (nSPS) is 15.4. The van der Waals surface area contributed by atoms with Crippen LogP contribution in [0.4, 0.5) is 0 Å². The van der Waals surface area contributed by atoms with Crippen LogP contribution in [0.25, 0.3) is 10.9 Å². The number of amides is 1. The van der Waals surface area contributed by atoms with Crippen molar-refractivity contribution in [3.63, 3.8) is 0 Å². The van der Waals surface area contributed by atoms with Gasteiger partial charge in [-0.25, -0.2) is 0 Å². The van der Waals surface area contributed by atoms with Gasteiger partial charge in [-0.2, -0.15) is 16.9 Å². The van der Waals surface area contributed by atoms with Gasteiger partial charge in [0.15, 0.2) is 5.69 Å². The van der Waals surface area contributed by atoms with E-state index < -0.39 is 0 Å². The van der Waals surface area contributed by atoms with Gasteiger partial charge in [-0.1, -0.05) is 12.1 Å². The lowest BCUT2D eigenvalue weighted by molar-refractivity contribution is 0.0763. The van der Waals surface area contributed by atoms with E-state index in [4.69, 9.17) is 0 Å². The number of aromatic nitrogens is 2. The molecular weight excluding hydrogens is 286 g/mol. The Kier molecular flexibility index (Phi) is 3.96. The molecule has 1 amide bonds. The molecule has 21 heavy (non-hydrogen) atoms. The molecule has 0 spiro atoms. The number of hydrogen-bond acceptors (Lipinski definition) is 4. The van der Waals surface area contributed by atoms with Crippen LogP contribution in [-0.2, 0) is 6.54 Å². The highest BCUT2D eigenvalue weighted by Gasteiger charge is 2.24. The van der Waals surface area contributed by atoms with E-state index in [1.165, 1.54) is 0 Å². The number of nitrogens with zero attached hydrogens (tertiary/aromatic N) is 3. The molecule has 110 valence electrons. The van der Waals surface area contributed by atoms with Crippen molar-refractivity contribution in [3.05, 3.63) is 40.2 Å². The molecule has 1 saturated heterocycles. The molecule has 0 radical (unpaired) electrons. The number of benzene rings is 1. The number of para-hydroxylation sites is 1. The Balaban J connectivity index is 2.12. The molecule has 1 aromatic carbocycles. The minimum absolute atomic E-state index is 0.0439.